The zero-order valence-corrected chi connectivity index (χ0v) is 17.0. The minimum atomic E-state index is -0.0259. The highest BCUT2D eigenvalue weighted by Gasteiger charge is 2.13. The summed E-state index contributed by atoms with van der Waals surface area (Å²) in [5, 5.41) is 12.3. The van der Waals surface area contributed by atoms with Crippen LogP contribution in [0.25, 0.3) is 22.0 Å². The first kappa shape index (κ1) is 18.4. The second-order valence-corrected chi connectivity index (χ2v) is 7.78. The highest BCUT2D eigenvalue weighted by atomic mass is 32.1. The number of carbonyl (C=O) groups excluding carboxylic acids is 1. The lowest BCUT2D eigenvalue weighted by atomic mass is 10.1. The first-order valence-electron chi connectivity index (χ1n) is 9.25. The maximum Gasteiger partial charge on any atom is 0.226 e. The molecule has 6 heteroatoms. The van der Waals surface area contributed by atoms with E-state index in [1.54, 1.807) is 0 Å². The Labute approximate surface area is 168 Å². The Kier molecular flexibility index (Phi) is 4.96. The van der Waals surface area contributed by atoms with Crippen molar-refractivity contribution in [3.8, 4) is 11.3 Å². The summed E-state index contributed by atoms with van der Waals surface area (Å²) in [6, 6.07) is 14.5. The Morgan fingerprint density at radius 1 is 1.14 bits per heavy atom. The molecule has 0 aliphatic carbocycles. The Bertz CT molecular complexity index is 1160. The van der Waals surface area contributed by atoms with Gasteiger partial charge in [-0.2, -0.15) is 5.10 Å². The van der Waals surface area contributed by atoms with Gasteiger partial charge in [-0.15, -0.1) is 11.3 Å². The van der Waals surface area contributed by atoms with E-state index in [0.29, 0.717) is 18.0 Å². The molecule has 2 aromatic heterocycles. The quantitative estimate of drug-likeness (QED) is 0.528. The second-order valence-electron chi connectivity index (χ2n) is 6.92. The summed E-state index contributed by atoms with van der Waals surface area (Å²) in [4.78, 5) is 17.0. The number of carbonyl (C=O) groups is 1. The molecule has 1 amide bonds. The molecule has 0 atom stereocenters. The van der Waals surface area contributed by atoms with E-state index in [-0.39, 0.29) is 5.91 Å². The predicted octanol–water partition coefficient (Wildman–Crippen LogP) is 4.88. The van der Waals surface area contributed by atoms with Crippen LogP contribution in [0.5, 0.6) is 0 Å². The Morgan fingerprint density at radius 2 is 1.93 bits per heavy atom. The van der Waals surface area contributed by atoms with Gasteiger partial charge in [0, 0.05) is 30.1 Å². The number of aromatic nitrogens is 3. The van der Waals surface area contributed by atoms with Gasteiger partial charge >= 0.3 is 0 Å². The zero-order valence-electron chi connectivity index (χ0n) is 16.2. The molecule has 0 fully saturated rings. The number of amides is 1. The van der Waals surface area contributed by atoms with E-state index >= 15 is 0 Å². The molecule has 2 heterocycles. The van der Waals surface area contributed by atoms with E-state index < -0.39 is 0 Å². The lowest BCUT2D eigenvalue weighted by Crippen LogP contribution is -2.12. The third-order valence-corrected chi connectivity index (χ3v) is 5.81. The number of aryl methyl sites for hydroxylation is 2. The molecule has 0 saturated carbocycles. The van der Waals surface area contributed by atoms with Crippen molar-refractivity contribution in [3.63, 3.8) is 0 Å². The minimum absolute atomic E-state index is 0.0259. The molecule has 2 aromatic carbocycles. The van der Waals surface area contributed by atoms with Gasteiger partial charge in [-0.1, -0.05) is 36.4 Å². The summed E-state index contributed by atoms with van der Waals surface area (Å²) >= 11 is 1.45. The monoisotopic (exact) mass is 390 g/mol. The number of thiazole rings is 1. The summed E-state index contributed by atoms with van der Waals surface area (Å²) in [5.74, 6) is -0.0259. The third-order valence-electron chi connectivity index (χ3n) is 5.06. The lowest BCUT2D eigenvalue weighted by Gasteiger charge is -2.03. The molecule has 28 heavy (non-hydrogen) atoms. The van der Waals surface area contributed by atoms with E-state index in [1.807, 2.05) is 43.1 Å². The van der Waals surface area contributed by atoms with Gasteiger partial charge in [0.25, 0.3) is 0 Å². The zero-order chi connectivity index (χ0) is 19.7. The first-order chi connectivity index (χ1) is 13.5. The van der Waals surface area contributed by atoms with Crippen LogP contribution >= 0.6 is 11.3 Å². The van der Waals surface area contributed by atoms with Gasteiger partial charge in [-0.25, -0.2) is 4.98 Å². The average molecular weight is 391 g/mol. The normalized spacial score (nSPS) is 11.1. The highest BCUT2D eigenvalue weighted by Crippen LogP contribution is 2.28. The predicted molar refractivity (Wildman–Crippen MR) is 115 cm³/mol. The summed E-state index contributed by atoms with van der Waals surface area (Å²) in [5.41, 5.74) is 5.18. The molecule has 0 aliphatic rings. The van der Waals surface area contributed by atoms with Gasteiger partial charge in [0.15, 0.2) is 5.13 Å². The van der Waals surface area contributed by atoms with Crippen molar-refractivity contribution in [2.75, 3.05) is 5.32 Å². The number of rotatable bonds is 5. The molecule has 142 valence electrons. The molecular formula is C22H22N4OS. The molecule has 0 radical (unpaired) electrons. The van der Waals surface area contributed by atoms with Gasteiger partial charge in [0.2, 0.25) is 5.91 Å². The van der Waals surface area contributed by atoms with E-state index in [2.05, 4.69) is 45.7 Å². The fourth-order valence-electron chi connectivity index (χ4n) is 3.41. The van der Waals surface area contributed by atoms with Crippen LogP contribution in [0.1, 0.15) is 23.4 Å². The SMILES string of the molecule is Cc1nn(C)c(C)c1CCC(=O)Nc1nc(-c2ccc3ccccc3c2)cs1. The van der Waals surface area contributed by atoms with Crippen LogP contribution in [-0.2, 0) is 18.3 Å². The summed E-state index contributed by atoms with van der Waals surface area (Å²) in [6.45, 7) is 4.01. The smallest absolute Gasteiger partial charge is 0.226 e. The summed E-state index contributed by atoms with van der Waals surface area (Å²) in [7, 11) is 1.93. The van der Waals surface area contributed by atoms with E-state index in [1.165, 1.54) is 22.1 Å². The third kappa shape index (κ3) is 3.68. The largest absolute Gasteiger partial charge is 0.302 e. The van der Waals surface area contributed by atoms with Crippen LogP contribution in [-0.4, -0.2) is 20.7 Å². The standard InChI is InChI=1S/C22H22N4OS/c1-14-19(15(2)26(3)25-14)10-11-21(27)24-22-23-20(13-28-22)18-9-8-16-6-4-5-7-17(16)12-18/h4-9,12-13H,10-11H2,1-3H3,(H,23,24,27). The Morgan fingerprint density at radius 3 is 2.68 bits per heavy atom. The highest BCUT2D eigenvalue weighted by molar-refractivity contribution is 7.14. The van der Waals surface area contributed by atoms with Crippen molar-refractivity contribution in [2.24, 2.45) is 7.05 Å². The van der Waals surface area contributed by atoms with Gasteiger partial charge in [0.05, 0.1) is 11.4 Å². The number of nitrogens with one attached hydrogen (secondary N) is 1. The van der Waals surface area contributed by atoms with Crippen molar-refractivity contribution in [2.45, 2.75) is 26.7 Å². The molecule has 0 saturated heterocycles. The van der Waals surface area contributed by atoms with Crippen LogP contribution in [0.4, 0.5) is 5.13 Å². The topological polar surface area (TPSA) is 59.8 Å². The maximum absolute atomic E-state index is 12.4. The van der Waals surface area contributed by atoms with Crippen molar-refractivity contribution < 1.29 is 4.79 Å². The van der Waals surface area contributed by atoms with E-state index in [0.717, 1.165) is 28.2 Å². The molecule has 0 spiro atoms. The number of hydrogen-bond acceptors (Lipinski definition) is 4. The lowest BCUT2D eigenvalue weighted by molar-refractivity contribution is -0.116. The van der Waals surface area contributed by atoms with Crippen LogP contribution in [0, 0.1) is 13.8 Å². The number of benzene rings is 2. The molecule has 0 unspecified atom stereocenters. The Hall–Kier alpha value is -2.99. The van der Waals surface area contributed by atoms with Gasteiger partial charge in [0.1, 0.15) is 0 Å². The van der Waals surface area contributed by atoms with Crippen molar-refractivity contribution >= 4 is 33.1 Å². The molecule has 5 nitrogen and oxygen atoms in total. The van der Waals surface area contributed by atoms with Gasteiger partial charge in [-0.05, 0) is 42.7 Å². The van der Waals surface area contributed by atoms with Crippen LogP contribution in [0.15, 0.2) is 47.8 Å². The molecule has 4 rings (SSSR count). The van der Waals surface area contributed by atoms with E-state index in [4.69, 9.17) is 0 Å². The average Bonchev–Trinajstić information content (AvgIpc) is 3.24. The van der Waals surface area contributed by atoms with Crippen LogP contribution < -0.4 is 5.32 Å². The van der Waals surface area contributed by atoms with Crippen molar-refractivity contribution in [1.82, 2.24) is 14.8 Å². The van der Waals surface area contributed by atoms with Gasteiger partial charge < -0.3 is 5.32 Å². The van der Waals surface area contributed by atoms with E-state index in [9.17, 15) is 4.79 Å². The second kappa shape index (κ2) is 7.56. The first-order valence-corrected chi connectivity index (χ1v) is 10.1. The molecule has 0 bridgehead atoms. The Balaban J connectivity index is 1.43. The molecular weight excluding hydrogens is 368 g/mol. The summed E-state index contributed by atoms with van der Waals surface area (Å²) < 4.78 is 1.86. The number of nitrogens with zero attached hydrogens (tertiary/aromatic N) is 3. The fourth-order valence-corrected chi connectivity index (χ4v) is 4.15. The molecule has 1 N–H and O–H groups in total. The maximum atomic E-state index is 12.4. The number of anilines is 1. The van der Waals surface area contributed by atoms with Crippen molar-refractivity contribution in [3.05, 3.63) is 64.8 Å². The summed E-state index contributed by atoms with van der Waals surface area (Å²) in [6.07, 6.45) is 1.10. The number of fused-ring (bicyclic) bond motifs is 1. The minimum Gasteiger partial charge on any atom is -0.302 e. The van der Waals surface area contributed by atoms with Gasteiger partial charge in [-0.3, -0.25) is 9.48 Å². The van der Waals surface area contributed by atoms with Crippen molar-refractivity contribution in [1.29, 1.82) is 0 Å². The molecule has 0 aliphatic heterocycles. The number of hydrogen-bond donors (Lipinski definition) is 1. The van der Waals surface area contributed by atoms with Crippen LogP contribution in [0.2, 0.25) is 0 Å². The van der Waals surface area contributed by atoms with Crippen LogP contribution in [0.3, 0.4) is 0 Å². The fraction of sp³-hybridized carbons (Fsp3) is 0.227. The molecule has 4 aromatic rings.